The fourth-order valence-corrected chi connectivity index (χ4v) is 2.00. The number of hydrogen-bond acceptors (Lipinski definition) is 4. The quantitative estimate of drug-likeness (QED) is 0.835. The maximum atomic E-state index is 5.19. The van der Waals surface area contributed by atoms with Crippen LogP contribution in [0.25, 0.3) is 0 Å². The summed E-state index contributed by atoms with van der Waals surface area (Å²) in [6.45, 7) is 0.826. The zero-order valence-electron chi connectivity index (χ0n) is 11.0. The Bertz CT molecular complexity index is 548. The van der Waals surface area contributed by atoms with Gasteiger partial charge >= 0.3 is 0 Å². The smallest absolute Gasteiger partial charge is 0.153 e. The lowest BCUT2D eigenvalue weighted by atomic mass is 10.3. The molecule has 3 rings (SSSR count). The number of H-pyrrole nitrogens is 1. The molecule has 19 heavy (non-hydrogen) atoms. The third-order valence-electron chi connectivity index (χ3n) is 3.25. The van der Waals surface area contributed by atoms with Crippen LogP contribution in [0.1, 0.15) is 30.4 Å². The van der Waals surface area contributed by atoms with Gasteiger partial charge in [-0.1, -0.05) is 6.07 Å². The molecule has 0 radical (unpaired) electrons. The van der Waals surface area contributed by atoms with Crippen molar-refractivity contribution in [2.45, 2.75) is 25.2 Å². The van der Waals surface area contributed by atoms with Gasteiger partial charge in [0.1, 0.15) is 11.6 Å². The molecule has 2 N–H and O–H groups in total. The molecule has 1 saturated carbocycles. The number of rotatable bonds is 6. The summed E-state index contributed by atoms with van der Waals surface area (Å²) in [6.07, 6.45) is 3.32. The lowest BCUT2D eigenvalue weighted by molar-refractivity contribution is 0.415. The summed E-state index contributed by atoms with van der Waals surface area (Å²) in [6, 6.07) is 7.92. The number of nitrogens with zero attached hydrogens (tertiary/aromatic N) is 2. The van der Waals surface area contributed by atoms with Crippen molar-refractivity contribution in [1.29, 1.82) is 0 Å². The van der Waals surface area contributed by atoms with E-state index in [1.807, 2.05) is 24.3 Å². The summed E-state index contributed by atoms with van der Waals surface area (Å²) in [5, 5.41) is 10.6. The van der Waals surface area contributed by atoms with E-state index >= 15 is 0 Å². The van der Waals surface area contributed by atoms with Crippen LogP contribution in [0.2, 0.25) is 0 Å². The SMILES string of the molecule is COc1cccc(NCCc2nc(C3CC3)n[nH]2)c1. The molecule has 5 nitrogen and oxygen atoms in total. The van der Waals surface area contributed by atoms with Crippen molar-refractivity contribution in [3.05, 3.63) is 35.9 Å². The highest BCUT2D eigenvalue weighted by Gasteiger charge is 2.27. The van der Waals surface area contributed by atoms with Crippen LogP contribution in [0.4, 0.5) is 5.69 Å². The fraction of sp³-hybridized carbons (Fsp3) is 0.429. The van der Waals surface area contributed by atoms with E-state index in [2.05, 4.69) is 20.5 Å². The molecule has 5 heteroatoms. The van der Waals surface area contributed by atoms with E-state index in [-0.39, 0.29) is 0 Å². The predicted octanol–water partition coefficient (Wildman–Crippen LogP) is 2.35. The first-order valence-corrected chi connectivity index (χ1v) is 6.64. The summed E-state index contributed by atoms with van der Waals surface area (Å²) >= 11 is 0. The van der Waals surface area contributed by atoms with Crippen LogP contribution in [0, 0.1) is 0 Å². The van der Waals surface area contributed by atoms with E-state index in [0.29, 0.717) is 5.92 Å². The molecule has 0 aliphatic heterocycles. The maximum absolute atomic E-state index is 5.19. The minimum atomic E-state index is 0.608. The van der Waals surface area contributed by atoms with Crippen molar-refractivity contribution in [2.75, 3.05) is 19.0 Å². The molecule has 2 aromatic rings. The number of nitrogens with one attached hydrogen (secondary N) is 2. The van der Waals surface area contributed by atoms with Crippen molar-refractivity contribution < 1.29 is 4.74 Å². The molecule has 0 amide bonds. The molecule has 0 saturated heterocycles. The Hall–Kier alpha value is -2.04. The molecule has 1 fully saturated rings. The first kappa shape index (κ1) is 12.0. The molecule has 1 aromatic carbocycles. The number of benzene rings is 1. The van der Waals surface area contributed by atoms with Crippen LogP contribution in [-0.4, -0.2) is 28.8 Å². The van der Waals surface area contributed by atoms with Crippen LogP contribution in [-0.2, 0) is 6.42 Å². The molecule has 1 aliphatic carbocycles. The summed E-state index contributed by atoms with van der Waals surface area (Å²) in [7, 11) is 1.67. The largest absolute Gasteiger partial charge is 0.497 e. The highest BCUT2D eigenvalue weighted by atomic mass is 16.5. The third kappa shape index (κ3) is 3.05. The van der Waals surface area contributed by atoms with Gasteiger partial charge in [0, 0.05) is 30.6 Å². The Balaban J connectivity index is 1.51. The van der Waals surface area contributed by atoms with Crippen LogP contribution in [0.5, 0.6) is 5.75 Å². The van der Waals surface area contributed by atoms with E-state index < -0.39 is 0 Å². The second-order valence-corrected chi connectivity index (χ2v) is 4.82. The van der Waals surface area contributed by atoms with Gasteiger partial charge in [0.05, 0.1) is 7.11 Å². The minimum Gasteiger partial charge on any atom is -0.497 e. The van der Waals surface area contributed by atoms with E-state index in [4.69, 9.17) is 4.74 Å². The standard InChI is InChI=1S/C14H18N4O/c1-19-12-4-2-3-11(9-12)15-8-7-13-16-14(18-17-13)10-5-6-10/h2-4,9-10,15H,5-8H2,1H3,(H,16,17,18). The Morgan fingerprint density at radius 3 is 3.11 bits per heavy atom. The van der Waals surface area contributed by atoms with E-state index in [1.54, 1.807) is 7.11 Å². The van der Waals surface area contributed by atoms with Crippen LogP contribution in [0.3, 0.4) is 0 Å². The van der Waals surface area contributed by atoms with Gasteiger partial charge < -0.3 is 10.1 Å². The maximum Gasteiger partial charge on any atom is 0.153 e. The van der Waals surface area contributed by atoms with E-state index in [9.17, 15) is 0 Å². The number of anilines is 1. The first-order chi connectivity index (χ1) is 9.35. The lowest BCUT2D eigenvalue weighted by Crippen LogP contribution is -2.06. The molecular formula is C14H18N4O. The van der Waals surface area contributed by atoms with Gasteiger partial charge in [0.2, 0.25) is 0 Å². The molecule has 0 bridgehead atoms. The predicted molar refractivity (Wildman–Crippen MR) is 73.5 cm³/mol. The average Bonchev–Trinajstić information content (AvgIpc) is 3.19. The van der Waals surface area contributed by atoms with Gasteiger partial charge in [0.15, 0.2) is 5.82 Å². The van der Waals surface area contributed by atoms with E-state index in [1.165, 1.54) is 12.8 Å². The first-order valence-electron chi connectivity index (χ1n) is 6.64. The molecule has 1 heterocycles. The molecule has 0 unspecified atom stereocenters. The van der Waals surface area contributed by atoms with Crippen molar-refractivity contribution in [1.82, 2.24) is 15.2 Å². The Morgan fingerprint density at radius 2 is 2.32 bits per heavy atom. The van der Waals surface area contributed by atoms with Crippen LogP contribution >= 0.6 is 0 Å². The fourth-order valence-electron chi connectivity index (χ4n) is 2.00. The Morgan fingerprint density at radius 1 is 1.42 bits per heavy atom. The highest BCUT2D eigenvalue weighted by molar-refractivity contribution is 5.48. The van der Waals surface area contributed by atoms with Crippen LogP contribution in [0.15, 0.2) is 24.3 Å². The highest BCUT2D eigenvalue weighted by Crippen LogP contribution is 2.37. The van der Waals surface area contributed by atoms with Gasteiger partial charge in [0.25, 0.3) is 0 Å². The molecule has 0 atom stereocenters. The van der Waals surface area contributed by atoms with Crippen LogP contribution < -0.4 is 10.1 Å². The summed E-state index contributed by atoms with van der Waals surface area (Å²) in [4.78, 5) is 4.51. The van der Waals surface area contributed by atoms with Crippen molar-refractivity contribution >= 4 is 5.69 Å². The van der Waals surface area contributed by atoms with Crippen molar-refractivity contribution in [2.24, 2.45) is 0 Å². The number of hydrogen-bond donors (Lipinski definition) is 2. The second kappa shape index (κ2) is 5.30. The minimum absolute atomic E-state index is 0.608. The van der Waals surface area contributed by atoms with Gasteiger partial charge in [-0.25, -0.2) is 4.98 Å². The van der Waals surface area contributed by atoms with Gasteiger partial charge in [-0.2, -0.15) is 5.10 Å². The Labute approximate surface area is 112 Å². The topological polar surface area (TPSA) is 62.8 Å². The van der Waals surface area contributed by atoms with Gasteiger partial charge in [-0.15, -0.1) is 0 Å². The number of aromatic amines is 1. The number of methoxy groups -OCH3 is 1. The second-order valence-electron chi connectivity index (χ2n) is 4.82. The van der Waals surface area contributed by atoms with Gasteiger partial charge in [-0.05, 0) is 25.0 Å². The normalized spacial score (nSPS) is 14.4. The molecule has 100 valence electrons. The van der Waals surface area contributed by atoms with Crippen molar-refractivity contribution in [3.8, 4) is 5.75 Å². The van der Waals surface area contributed by atoms with E-state index in [0.717, 1.165) is 36.1 Å². The molecule has 1 aromatic heterocycles. The number of ether oxygens (including phenoxy) is 1. The lowest BCUT2D eigenvalue weighted by Gasteiger charge is -2.06. The Kier molecular flexibility index (Phi) is 3.35. The molecule has 1 aliphatic rings. The third-order valence-corrected chi connectivity index (χ3v) is 3.25. The average molecular weight is 258 g/mol. The molecular weight excluding hydrogens is 240 g/mol. The zero-order valence-corrected chi connectivity index (χ0v) is 11.0. The monoisotopic (exact) mass is 258 g/mol. The summed E-state index contributed by atoms with van der Waals surface area (Å²) < 4.78 is 5.19. The molecule has 0 spiro atoms. The summed E-state index contributed by atoms with van der Waals surface area (Å²) in [5.74, 6) is 3.41. The van der Waals surface area contributed by atoms with Gasteiger partial charge in [-0.3, -0.25) is 5.10 Å². The summed E-state index contributed by atoms with van der Waals surface area (Å²) in [5.41, 5.74) is 1.06. The van der Waals surface area contributed by atoms with Crippen molar-refractivity contribution in [3.63, 3.8) is 0 Å². The zero-order chi connectivity index (χ0) is 13.1. The number of aromatic nitrogens is 3.